The monoisotopic (exact) mass is 447 g/mol. The van der Waals surface area contributed by atoms with Crippen molar-refractivity contribution in [3.8, 4) is 22.3 Å². The van der Waals surface area contributed by atoms with Gasteiger partial charge in [-0.15, -0.1) is 0 Å². The molecule has 2 aliphatic rings. The molecule has 0 radical (unpaired) electrons. The summed E-state index contributed by atoms with van der Waals surface area (Å²) in [5.41, 5.74) is 13.3. The molecule has 2 heteroatoms. The molecule has 0 saturated carbocycles. The molecule has 0 bridgehead atoms. The molecule has 1 nitrogen and oxygen atoms in total. The number of hydrogen-bond donors (Lipinski definition) is 0. The van der Waals surface area contributed by atoms with Crippen molar-refractivity contribution in [2.24, 2.45) is 0 Å². The number of fused-ring (bicyclic) bond motifs is 6. The third-order valence-electron chi connectivity index (χ3n) is 7.92. The highest BCUT2D eigenvalue weighted by molar-refractivity contribution is 6.90. The third-order valence-corrected chi connectivity index (χ3v) is 7.92. The van der Waals surface area contributed by atoms with Gasteiger partial charge in [0.05, 0.1) is 0 Å². The van der Waals surface area contributed by atoms with Gasteiger partial charge in [-0.2, -0.15) is 0 Å². The average Bonchev–Trinajstić information content (AvgIpc) is 3.14. The Morgan fingerprint density at radius 3 is 2.00 bits per heavy atom. The van der Waals surface area contributed by atoms with Gasteiger partial charge in [-0.05, 0) is 51.5 Å². The van der Waals surface area contributed by atoms with E-state index >= 15 is 0 Å². The first-order chi connectivity index (χ1) is 17.1. The summed E-state index contributed by atoms with van der Waals surface area (Å²) < 4.78 is 0. The molecular weight excluding hydrogens is 421 g/mol. The van der Waals surface area contributed by atoms with Crippen LogP contribution in [-0.2, 0) is 5.41 Å². The number of anilines is 2. The van der Waals surface area contributed by atoms with Crippen molar-refractivity contribution in [1.82, 2.24) is 0 Å². The number of hydrogen-bond acceptors (Lipinski definition) is 1. The third kappa shape index (κ3) is 2.90. The second-order valence-corrected chi connectivity index (χ2v) is 10.2. The number of rotatable bonds is 2. The highest BCUT2D eigenvalue weighted by Gasteiger charge is 2.39. The zero-order valence-electron chi connectivity index (χ0n) is 20.1. The van der Waals surface area contributed by atoms with E-state index in [4.69, 9.17) is 0 Å². The van der Waals surface area contributed by atoms with Gasteiger partial charge in [0, 0.05) is 22.4 Å². The number of para-hydroxylation sites is 2. The van der Waals surface area contributed by atoms with Gasteiger partial charge in [0.15, 0.2) is 0 Å². The van der Waals surface area contributed by atoms with Crippen molar-refractivity contribution in [2.75, 3.05) is 4.81 Å². The van der Waals surface area contributed by atoms with Crippen LogP contribution in [-0.4, -0.2) is 6.85 Å². The predicted octanol–water partition coefficient (Wildman–Crippen LogP) is 6.92. The lowest BCUT2D eigenvalue weighted by molar-refractivity contribution is 0.660. The van der Waals surface area contributed by atoms with Crippen LogP contribution in [0.25, 0.3) is 22.3 Å². The van der Waals surface area contributed by atoms with Crippen molar-refractivity contribution in [2.45, 2.75) is 19.3 Å². The van der Waals surface area contributed by atoms with Crippen molar-refractivity contribution in [3.63, 3.8) is 0 Å². The Bertz CT molecular complexity index is 1580. The molecule has 0 saturated heterocycles. The molecule has 0 amide bonds. The Labute approximate surface area is 207 Å². The quantitative estimate of drug-likeness (QED) is 0.266. The van der Waals surface area contributed by atoms with Gasteiger partial charge < -0.3 is 4.81 Å². The Hall–Kier alpha value is -4.04. The van der Waals surface area contributed by atoms with Gasteiger partial charge in [0.2, 0.25) is 0 Å². The van der Waals surface area contributed by atoms with Crippen LogP contribution < -0.4 is 15.7 Å². The summed E-state index contributed by atoms with van der Waals surface area (Å²) in [7, 11) is 0. The lowest BCUT2D eigenvalue weighted by atomic mass is 9.45. The molecule has 7 rings (SSSR count). The maximum atomic E-state index is 2.52. The van der Waals surface area contributed by atoms with Gasteiger partial charge >= 0.3 is 6.85 Å². The van der Waals surface area contributed by atoms with Crippen LogP contribution in [0.1, 0.15) is 25.0 Å². The van der Waals surface area contributed by atoms with Crippen LogP contribution in [0.5, 0.6) is 0 Å². The fraction of sp³-hybridized carbons (Fsp3) is 0.0909. The minimum atomic E-state index is 0.0145. The van der Waals surface area contributed by atoms with Crippen molar-refractivity contribution in [3.05, 3.63) is 132 Å². The van der Waals surface area contributed by atoms with E-state index in [-0.39, 0.29) is 12.3 Å². The van der Waals surface area contributed by atoms with E-state index in [1.165, 1.54) is 55.7 Å². The molecule has 1 heterocycles. The van der Waals surface area contributed by atoms with Gasteiger partial charge in [0.1, 0.15) is 0 Å². The van der Waals surface area contributed by atoms with E-state index in [1.54, 1.807) is 0 Å². The van der Waals surface area contributed by atoms with Crippen LogP contribution >= 0.6 is 0 Å². The zero-order valence-corrected chi connectivity index (χ0v) is 20.1. The first kappa shape index (κ1) is 20.3. The topological polar surface area (TPSA) is 3.24 Å². The highest BCUT2D eigenvalue weighted by Crippen LogP contribution is 2.48. The van der Waals surface area contributed by atoms with Crippen molar-refractivity contribution >= 4 is 29.1 Å². The Morgan fingerprint density at radius 1 is 0.543 bits per heavy atom. The Balaban J connectivity index is 1.50. The van der Waals surface area contributed by atoms with E-state index in [0.717, 1.165) is 0 Å². The van der Waals surface area contributed by atoms with E-state index < -0.39 is 0 Å². The lowest BCUT2D eigenvalue weighted by Gasteiger charge is -2.39. The van der Waals surface area contributed by atoms with Crippen molar-refractivity contribution < 1.29 is 0 Å². The van der Waals surface area contributed by atoms with Gasteiger partial charge in [0.25, 0.3) is 0 Å². The zero-order chi connectivity index (χ0) is 23.6. The minimum absolute atomic E-state index is 0.0145. The fourth-order valence-corrected chi connectivity index (χ4v) is 6.28. The molecule has 1 aliphatic carbocycles. The average molecular weight is 447 g/mol. The first-order valence-electron chi connectivity index (χ1n) is 12.4. The van der Waals surface area contributed by atoms with Crippen LogP contribution in [0.3, 0.4) is 0 Å². The summed E-state index contributed by atoms with van der Waals surface area (Å²) in [5, 5.41) is 0. The molecule has 0 unspecified atom stereocenters. The maximum absolute atomic E-state index is 2.52. The largest absolute Gasteiger partial charge is 0.376 e. The van der Waals surface area contributed by atoms with Crippen LogP contribution in [0.15, 0.2) is 121 Å². The molecule has 166 valence electrons. The molecule has 5 aromatic rings. The van der Waals surface area contributed by atoms with E-state index in [1.807, 2.05) is 0 Å². The summed E-state index contributed by atoms with van der Waals surface area (Å²) in [6.45, 7) is 4.78. The SMILES string of the molecule is CC1(C)c2ccccc2-c2cc(B3c4ccccc4-c4ccccc4N3c3ccccc3)ccc21. The molecule has 0 N–H and O–H groups in total. The van der Waals surface area contributed by atoms with Gasteiger partial charge in [-0.3, -0.25) is 0 Å². The smallest absolute Gasteiger partial charge is 0.328 e. The lowest BCUT2D eigenvalue weighted by Crippen LogP contribution is -2.57. The second kappa shape index (κ2) is 7.48. The first-order valence-corrected chi connectivity index (χ1v) is 12.4. The summed E-state index contributed by atoms with van der Waals surface area (Å²) in [6.07, 6.45) is 0. The number of benzene rings is 5. The van der Waals surface area contributed by atoms with Gasteiger partial charge in [-0.25, -0.2) is 0 Å². The summed E-state index contributed by atoms with van der Waals surface area (Å²) in [6, 6.07) is 44.6. The molecule has 0 atom stereocenters. The molecule has 0 spiro atoms. The Kier molecular flexibility index (Phi) is 4.35. The molecule has 5 aromatic carbocycles. The van der Waals surface area contributed by atoms with Crippen LogP contribution in [0.2, 0.25) is 0 Å². The normalized spacial score (nSPS) is 14.7. The second-order valence-electron chi connectivity index (χ2n) is 10.2. The minimum Gasteiger partial charge on any atom is -0.376 e. The summed E-state index contributed by atoms with van der Waals surface area (Å²) >= 11 is 0. The standard InChI is InChI=1S/C33H26BN/c1-33(2)29-17-9-6-14-25(29)28-22-23(20-21-30(28)33)34-31-18-10-7-15-26(31)27-16-8-11-19-32(27)35(34)24-12-4-3-5-13-24/h3-22H,1-2H3. The van der Waals surface area contributed by atoms with Crippen LogP contribution in [0, 0.1) is 0 Å². The van der Waals surface area contributed by atoms with Crippen molar-refractivity contribution in [1.29, 1.82) is 0 Å². The van der Waals surface area contributed by atoms with Gasteiger partial charge in [-0.1, -0.05) is 122 Å². The maximum Gasteiger partial charge on any atom is 0.328 e. The van der Waals surface area contributed by atoms with E-state index in [0.29, 0.717) is 0 Å². The molecular formula is C33H26BN. The molecule has 0 fully saturated rings. The predicted molar refractivity (Wildman–Crippen MR) is 149 cm³/mol. The molecule has 1 aliphatic heterocycles. The molecule has 0 aromatic heterocycles. The summed E-state index contributed by atoms with van der Waals surface area (Å²) in [5.74, 6) is 0. The fourth-order valence-electron chi connectivity index (χ4n) is 6.28. The Morgan fingerprint density at radius 2 is 1.17 bits per heavy atom. The number of nitrogens with zero attached hydrogens (tertiary/aromatic N) is 1. The molecule has 35 heavy (non-hydrogen) atoms. The highest BCUT2D eigenvalue weighted by atomic mass is 15.1. The summed E-state index contributed by atoms with van der Waals surface area (Å²) in [4.78, 5) is 2.52. The van der Waals surface area contributed by atoms with E-state index in [2.05, 4.69) is 140 Å². The van der Waals surface area contributed by atoms with E-state index in [9.17, 15) is 0 Å². The van der Waals surface area contributed by atoms with Crippen LogP contribution in [0.4, 0.5) is 11.4 Å².